The van der Waals surface area contributed by atoms with Crippen molar-refractivity contribution in [2.45, 2.75) is 25.4 Å². The van der Waals surface area contributed by atoms with Crippen LogP contribution >= 0.6 is 22.9 Å². The van der Waals surface area contributed by atoms with Crippen molar-refractivity contribution in [2.75, 3.05) is 19.6 Å². The molecule has 0 unspecified atom stereocenters. The molecule has 1 aromatic heterocycles. The summed E-state index contributed by atoms with van der Waals surface area (Å²) in [4.78, 5) is 2.46. The van der Waals surface area contributed by atoms with E-state index in [0.29, 0.717) is 10.5 Å². The molecule has 2 saturated heterocycles. The van der Waals surface area contributed by atoms with Crippen molar-refractivity contribution < 1.29 is 0 Å². The van der Waals surface area contributed by atoms with Crippen LogP contribution in [0, 0.1) is 5.92 Å². The molecule has 6 heteroatoms. The van der Waals surface area contributed by atoms with Gasteiger partial charge < -0.3 is 5.32 Å². The van der Waals surface area contributed by atoms with E-state index in [-0.39, 0.29) is 0 Å². The van der Waals surface area contributed by atoms with Crippen LogP contribution in [0.4, 0.5) is 0 Å². The van der Waals surface area contributed by atoms with Gasteiger partial charge in [-0.1, -0.05) is 11.3 Å². The Morgan fingerprint density at radius 1 is 1.44 bits per heavy atom. The zero-order valence-electron chi connectivity index (χ0n) is 9.03. The molecule has 3 heterocycles. The first-order chi connectivity index (χ1) is 7.81. The van der Waals surface area contributed by atoms with Gasteiger partial charge in [0.05, 0.1) is 6.54 Å². The zero-order valence-corrected chi connectivity index (χ0v) is 10.6. The minimum atomic E-state index is 0.546. The molecule has 1 aromatic rings. The van der Waals surface area contributed by atoms with Gasteiger partial charge in [-0.3, -0.25) is 4.90 Å². The monoisotopic (exact) mass is 258 g/mol. The molecule has 0 amide bonds. The summed E-state index contributed by atoms with van der Waals surface area (Å²) < 4.78 is 0.546. The van der Waals surface area contributed by atoms with E-state index < -0.39 is 0 Å². The van der Waals surface area contributed by atoms with E-state index in [1.54, 1.807) is 0 Å². The largest absolute Gasteiger partial charge is 0.312 e. The van der Waals surface area contributed by atoms with Gasteiger partial charge in [0.2, 0.25) is 4.47 Å². The summed E-state index contributed by atoms with van der Waals surface area (Å²) in [6.45, 7) is 4.41. The highest BCUT2D eigenvalue weighted by molar-refractivity contribution is 7.15. The molecule has 2 aliphatic heterocycles. The van der Waals surface area contributed by atoms with Crippen LogP contribution in [0.5, 0.6) is 0 Å². The molecule has 0 radical (unpaired) electrons. The maximum absolute atomic E-state index is 5.78. The summed E-state index contributed by atoms with van der Waals surface area (Å²) in [7, 11) is 0. The fourth-order valence-electron chi connectivity index (χ4n) is 2.75. The molecule has 2 aliphatic rings. The lowest BCUT2D eigenvalue weighted by Gasteiger charge is -2.24. The topological polar surface area (TPSA) is 41.1 Å². The van der Waals surface area contributed by atoms with Crippen LogP contribution in [0.3, 0.4) is 0 Å². The lowest BCUT2D eigenvalue weighted by molar-refractivity contribution is 0.311. The molecule has 0 aromatic carbocycles. The van der Waals surface area contributed by atoms with E-state index >= 15 is 0 Å². The molecule has 16 heavy (non-hydrogen) atoms. The fraction of sp³-hybridized carbons (Fsp3) is 0.800. The van der Waals surface area contributed by atoms with E-state index in [9.17, 15) is 0 Å². The third-order valence-corrected chi connectivity index (χ3v) is 4.48. The van der Waals surface area contributed by atoms with Crippen molar-refractivity contribution in [2.24, 2.45) is 5.92 Å². The van der Waals surface area contributed by atoms with Crippen LogP contribution in [0.15, 0.2) is 0 Å². The Bertz CT molecular complexity index is 355. The van der Waals surface area contributed by atoms with Crippen molar-refractivity contribution in [1.29, 1.82) is 0 Å². The van der Waals surface area contributed by atoms with E-state index in [2.05, 4.69) is 20.4 Å². The van der Waals surface area contributed by atoms with Gasteiger partial charge in [-0.25, -0.2) is 0 Å². The van der Waals surface area contributed by atoms with E-state index in [1.165, 1.54) is 37.3 Å². The molecular formula is C10H15ClN4S. The quantitative estimate of drug-likeness (QED) is 0.870. The Hall–Kier alpha value is -0.230. The van der Waals surface area contributed by atoms with Crippen LogP contribution in [-0.2, 0) is 6.54 Å². The molecular weight excluding hydrogens is 244 g/mol. The Morgan fingerprint density at radius 3 is 3.12 bits per heavy atom. The lowest BCUT2D eigenvalue weighted by Crippen LogP contribution is -2.40. The molecule has 0 aliphatic carbocycles. The summed E-state index contributed by atoms with van der Waals surface area (Å²) in [5.41, 5.74) is 0. The molecule has 0 bridgehead atoms. The first-order valence-corrected chi connectivity index (χ1v) is 6.94. The standard InChI is InChI=1S/C10H15ClN4S/c11-10-14-13-9(16-10)6-15-4-7-2-1-3-12-8(7)5-15/h7-8,12H,1-6H2/t7-,8+/m0/s1. The number of hydrogen-bond acceptors (Lipinski definition) is 5. The number of fused-ring (bicyclic) bond motifs is 1. The van der Waals surface area contributed by atoms with Gasteiger partial charge >= 0.3 is 0 Å². The second-order valence-electron chi connectivity index (χ2n) is 4.61. The smallest absolute Gasteiger partial charge is 0.207 e. The van der Waals surface area contributed by atoms with E-state index in [4.69, 9.17) is 11.6 Å². The molecule has 2 fully saturated rings. The van der Waals surface area contributed by atoms with Crippen molar-refractivity contribution in [3.63, 3.8) is 0 Å². The summed E-state index contributed by atoms with van der Waals surface area (Å²) in [6, 6.07) is 0.692. The summed E-state index contributed by atoms with van der Waals surface area (Å²) in [6.07, 6.45) is 2.69. The van der Waals surface area contributed by atoms with Gasteiger partial charge in [0.15, 0.2) is 0 Å². The van der Waals surface area contributed by atoms with E-state index in [1.807, 2.05) is 0 Å². The Labute approximate surface area is 104 Å². The maximum atomic E-state index is 5.78. The predicted molar refractivity (Wildman–Crippen MR) is 64.7 cm³/mol. The number of likely N-dealkylation sites (tertiary alicyclic amines) is 1. The molecule has 4 nitrogen and oxygen atoms in total. The minimum Gasteiger partial charge on any atom is -0.312 e. The Kier molecular flexibility index (Phi) is 3.11. The molecule has 88 valence electrons. The number of piperidine rings is 1. The predicted octanol–water partition coefficient (Wildman–Crippen LogP) is 1.38. The van der Waals surface area contributed by atoms with Crippen molar-refractivity contribution in [3.8, 4) is 0 Å². The zero-order chi connectivity index (χ0) is 11.0. The Morgan fingerprint density at radius 2 is 2.38 bits per heavy atom. The normalized spacial score (nSPS) is 30.6. The first-order valence-electron chi connectivity index (χ1n) is 5.75. The Balaban J connectivity index is 1.61. The highest BCUT2D eigenvalue weighted by Gasteiger charge is 2.34. The minimum absolute atomic E-state index is 0.546. The molecule has 2 atom stereocenters. The van der Waals surface area contributed by atoms with Crippen LogP contribution in [0.25, 0.3) is 0 Å². The maximum Gasteiger partial charge on any atom is 0.207 e. The van der Waals surface area contributed by atoms with Crippen molar-refractivity contribution in [1.82, 2.24) is 20.4 Å². The number of hydrogen-bond donors (Lipinski definition) is 1. The first kappa shape index (κ1) is 10.9. The summed E-state index contributed by atoms with van der Waals surface area (Å²) in [5.74, 6) is 0.831. The van der Waals surface area contributed by atoms with Gasteiger partial charge in [0.1, 0.15) is 5.01 Å². The van der Waals surface area contributed by atoms with Crippen molar-refractivity contribution >= 4 is 22.9 Å². The highest BCUT2D eigenvalue weighted by atomic mass is 35.5. The van der Waals surface area contributed by atoms with Gasteiger partial charge in [0.25, 0.3) is 0 Å². The average Bonchev–Trinajstić information content (AvgIpc) is 2.84. The van der Waals surface area contributed by atoms with Gasteiger partial charge in [-0.15, -0.1) is 10.2 Å². The van der Waals surface area contributed by atoms with Crippen LogP contribution in [0.2, 0.25) is 4.47 Å². The number of nitrogens with one attached hydrogen (secondary N) is 1. The lowest BCUT2D eigenvalue weighted by atomic mass is 9.94. The van der Waals surface area contributed by atoms with Crippen LogP contribution in [-0.4, -0.2) is 40.8 Å². The number of halogens is 1. The highest BCUT2D eigenvalue weighted by Crippen LogP contribution is 2.26. The third kappa shape index (κ3) is 2.22. The molecule has 0 spiro atoms. The number of rotatable bonds is 2. The van der Waals surface area contributed by atoms with Crippen LogP contribution < -0.4 is 5.32 Å². The second-order valence-corrected chi connectivity index (χ2v) is 6.25. The summed E-state index contributed by atoms with van der Waals surface area (Å²) >= 11 is 7.27. The average molecular weight is 259 g/mol. The molecule has 1 N–H and O–H groups in total. The SMILES string of the molecule is Clc1nnc(CN2C[C@@H]3CCCN[C@@H]3C2)s1. The van der Waals surface area contributed by atoms with Crippen LogP contribution in [0.1, 0.15) is 17.8 Å². The van der Waals surface area contributed by atoms with Crippen molar-refractivity contribution in [3.05, 3.63) is 9.47 Å². The molecule has 0 saturated carbocycles. The fourth-order valence-corrected chi connectivity index (χ4v) is 3.66. The molecule has 3 rings (SSSR count). The number of aromatic nitrogens is 2. The number of nitrogens with zero attached hydrogens (tertiary/aromatic N) is 3. The van der Waals surface area contributed by atoms with Gasteiger partial charge in [-0.05, 0) is 36.9 Å². The third-order valence-electron chi connectivity index (χ3n) is 3.48. The van der Waals surface area contributed by atoms with Gasteiger partial charge in [0, 0.05) is 19.1 Å². The van der Waals surface area contributed by atoms with Gasteiger partial charge in [-0.2, -0.15) is 0 Å². The second kappa shape index (κ2) is 4.56. The van der Waals surface area contributed by atoms with E-state index in [0.717, 1.165) is 24.0 Å². The summed E-state index contributed by atoms with van der Waals surface area (Å²) in [5, 5.41) is 12.5.